The number of aliphatic hydroxyl groups is 1. The van der Waals surface area contributed by atoms with E-state index in [-0.39, 0.29) is 0 Å². The molecular formula is C15H14O. The molecule has 0 amide bonds. The zero-order valence-electron chi connectivity index (χ0n) is 9.06. The number of hydrogen-bond acceptors (Lipinski definition) is 1. The maximum absolute atomic E-state index is 9.30. The summed E-state index contributed by atoms with van der Waals surface area (Å²) in [5.41, 5.74) is 1.22. The van der Waals surface area contributed by atoms with Gasteiger partial charge in [0.1, 0.15) is 6.10 Å². The van der Waals surface area contributed by atoms with Gasteiger partial charge in [0.25, 0.3) is 0 Å². The van der Waals surface area contributed by atoms with E-state index < -0.39 is 6.10 Å². The monoisotopic (exact) mass is 210 g/mol. The summed E-state index contributed by atoms with van der Waals surface area (Å²) in [6.45, 7) is 0. The lowest BCUT2D eigenvalue weighted by atomic mass is 10.0. The molecule has 1 N–H and O–H groups in total. The van der Waals surface area contributed by atoms with Gasteiger partial charge >= 0.3 is 0 Å². The van der Waals surface area contributed by atoms with Crippen LogP contribution >= 0.6 is 0 Å². The van der Waals surface area contributed by atoms with Crippen molar-refractivity contribution >= 4 is 10.8 Å². The van der Waals surface area contributed by atoms with Gasteiger partial charge in [-0.25, -0.2) is 0 Å². The summed E-state index contributed by atoms with van der Waals surface area (Å²) in [4.78, 5) is 0. The third kappa shape index (κ3) is 2.42. The quantitative estimate of drug-likeness (QED) is 0.772. The van der Waals surface area contributed by atoms with E-state index in [9.17, 15) is 5.11 Å². The van der Waals surface area contributed by atoms with Crippen LogP contribution in [0.3, 0.4) is 0 Å². The van der Waals surface area contributed by atoms with Gasteiger partial charge < -0.3 is 5.11 Å². The molecule has 1 unspecified atom stereocenters. The van der Waals surface area contributed by atoms with E-state index >= 15 is 0 Å². The first kappa shape index (κ1) is 10.7. The average Bonchev–Trinajstić information content (AvgIpc) is 2.35. The highest BCUT2D eigenvalue weighted by Crippen LogP contribution is 2.16. The SMILES string of the molecule is C#CC(O)CCc1ccc2ccccc2c1. The fourth-order valence-electron chi connectivity index (χ4n) is 1.78. The second-order valence-electron chi connectivity index (χ2n) is 3.90. The molecule has 0 spiro atoms. The molecule has 0 aromatic heterocycles. The summed E-state index contributed by atoms with van der Waals surface area (Å²) in [5.74, 6) is 2.33. The topological polar surface area (TPSA) is 20.2 Å². The number of aliphatic hydroxyl groups excluding tert-OH is 1. The third-order valence-corrected chi connectivity index (χ3v) is 2.71. The molecular weight excluding hydrogens is 196 g/mol. The Morgan fingerprint density at radius 3 is 2.62 bits per heavy atom. The van der Waals surface area contributed by atoms with Crippen molar-refractivity contribution in [1.29, 1.82) is 0 Å². The standard InChI is InChI=1S/C15H14O/c1-2-15(16)10-8-12-7-9-13-5-3-4-6-14(13)11-12/h1,3-7,9,11,15-16H,8,10H2. The van der Waals surface area contributed by atoms with Crippen molar-refractivity contribution in [3.05, 3.63) is 48.0 Å². The van der Waals surface area contributed by atoms with E-state index in [2.05, 4.69) is 36.3 Å². The van der Waals surface area contributed by atoms with Crippen molar-refractivity contribution in [2.24, 2.45) is 0 Å². The number of hydrogen-bond donors (Lipinski definition) is 1. The fraction of sp³-hybridized carbons (Fsp3) is 0.200. The predicted octanol–water partition coefficient (Wildman–Crippen LogP) is 2.77. The van der Waals surface area contributed by atoms with Gasteiger partial charge in [0, 0.05) is 0 Å². The van der Waals surface area contributed by atoms with Gasteiger partial charge in [0.2, 0.25) is 0 Å². The van der Waals surface area contributed by atoms with Crippen LogP contribution < -0.4 is 0 Å². The van der Waals surface area contributed by atoms with Gasteiger partial charge in [-0.2, -0.15) is 0 Å². The molecule has 2 aromatic carbocycles. The third-order valence-electron chi connectivity index (χ3n) is 2.71. The Labute approximate surface area is 95.7 Å². The highest BCUT2D eigenvalue weighted by Gasteiger charge is 2.01. The summed E-state index contributed by atoms with van der Waals surface area (Å²) in [6, 6.07) is 14.6. The molecule has 0 aliphatic carbocycles. The summed E-state index contributed by atoms with van der Waals surface area (Å²) in [7, 11) is 0. The van der Waals surface area contributed by atoms with Crippen LogP contribution in [0.15, 0.2) is 42.5 Å². The molecule has 0 radical (unpaired) electrons. The lowest BCUT2D eigenvalue weighted by Gasteiger charge is -2.05. The molecule has 80 valence electrons. The van der Waals surface area contributed by atoms with Crippen LogP contribution in [-0.2, 0) is 6.42 Å². The Hall–Kier alpha value is -1.78. The molecule has 0 aliphatic heterocycles. The normalized spacial score (nSPS) is 12.2. The molecule has 0 saturated heterocycles. The molecule has 0 saturated carbocycles. The highest BCUT2D eigenvalue weighted by molar-refractivity contribution is 5.82. The Bertz CT molecular complexity index is 522. The zero-order valence-corrected chi connectivity index (χ0v) is 9.06. The second-order valence-corrected chi connectivity index (χ2v) is 3.90. The number of terminal acetylenes is 1. The molecule has 0 aliphatic rings. The lowest BCUT2D eigenvalue weighted by Crippen LogP contribution is -2.03. The van der Waals surface area contributed by atoms with Crippen molar-refractivity contribution in [3.8, 4) is 12.3 Å². The first-order valence-electron chi connectivity index (χ1n) is 5.41. The van der Waals surface area contributed by atoms with Crippen molar-refractivity contribution < 1.29 is 5.11 Å². The van der Waals surface area contributed by atoms with Crippen molar-refractivity contribution in [2.75, 3.05) is 0 Å². The summed E-state index contributed by atoms with van der Waals surface area (Å²) in [5, 5.41) is 11.8. The number of aryl methyl sites for hydroxylation is 1. The zero-order chi connectivity index (χ0) is 11.4. The van der Waals surface area contributed by atoms with Gasteiger partial charge in [-0.3, -0.25) is 0 Å². The molecule has 0 bridgehead atoms. The molecule has 2 aromatic rings. The Morgan fingerprint density at radius 1 is 1.12 bits per heavy atom. The van der Waals surface area contributed by atoms with Crippen LogP contribution in [-0.4, -0.2) is 11.2 Å². The van der Waals surface area contributed by atoms with Gasteiger partial charge in [0.05, 0.1) is 0 Å². The van der Waals surface area contributed by atoms with Crippen molar-refractivity contribution in [3.63, 3.8) is 0 Å². The fourth-order valence-corrected chi connectivity index (χ4v) is 1.78. The molecule has 1 nitrogen and oxygen atoms in total. The Morgan fingerprint density at radius 2 is 1.88 bits per heavy atom. The van der Waals surface area contributed by atoms with Crippen molar-refractivity contribution in [1.82, 2.24) is 0 Å². The minimum atomic E-state index is -0.633. The Kier molecular flexibility index (Phi) is 3.24. The minimum absolute atomic E-state index is 0.620. The van der Waals surface area contributed by atoms with E-state index in [1.165, 1.54) is 16.3 Å². The maximum atomic E-state index is 9.30. The van der Waals surface area contributed by atoms with E-state index in [4.69, 9.17) is 6.42 Å². The molecule has 1 atom stereocenters. The van der Waals surface area contributed by atoms with Gasteiger partial charge in [-0.1, -0.05) is 48.4 Å². The molecule has 1 heteroatoms. The van der Waals surface area contributed by atoms with Crippen molar-refractivity contribution in [2.45, 2.75) is 18.9 Å². The summed E-state index contributed by atoms with van der Waals surface area (Å²) < 4.78 is 0. The summed E-state index contributed by atoms with van der Waals surface area (Å²) in [6.07, 6.45) is 5.93. The minimum Gasteiger partial charge on any atom is -0.380 e. The number of rotatable bonds is 3. The smallest absolute Gasteiger partial charge is 0.114 e. The van der Waals surface area contributed by atoms with Crippen LogP contribution in [0.5, 0.6) is 0 Å². The lowest BCUT2D eigenvalue weighted by molar-refractivity contribution is 0.222. The van der Waals surface area contributed by atoms with Gasteiger partial charge in [-0.15, -0.1) is 6.42 Å². The number of fused-ring (bicyclic) bond motifs is 1. The van der Waals surface area contributed by atoms with E-state index in [1.54, 1.807) is 0 Å². The molecule has 16 heavy (non-hydrogen) atoms. The molecule has 0 heterocycles. The van der Waals surface area contributed by atoms with E-state index in [1.807, 2.05) is 12.1 Å². The molecule has 2 rings (SSSR count). The second kappa shape index (κ2) is 4.83. The van der Waals surface area contributed by atoms with Gasteiger partial charge in [0.15, 0.2) is 0 Å². The highest BCUT2D eigenvalue weighted by atomic mass is 16.3. The van der Waals surface area contributed by atoms with E-state index in [0.29, 0.717) is 6.42 Å². The largest absolute Gasteiger partial charge is 0.380 e. The maximum Gasteiger partial charge on any atom is 0.114 e. The first-order valence-corrected chi connectivity index (χ1v) is 5.41. The predicted molar refractivity (Wildman–Crippen MR) is 67.1 cm³/mol. The number of benzene rings is 2. The molecule has 0 fully saturated rings. The van der Waals surface area contributed by atoms with E-state index in [0.717, 1.165) is 6.42 Å². The first-order chi connectivity index (χ1) is 7.79. The van der Waals surface area contributed by atoms with Crippen LogP contribution in [0, 0.1) is 12.3 Å². The van der Waals surface area contributed by atoms with Crippen LogP contribution in [0.4, 0.5) is 0 Å². The average molecular weight is 210 g/mol. The Balaban J connectivity index is 2.17. The van der Waals surface area contributed by atoms with Crippen LogP contribution in [0.1, 0.15) is 12.0 Å². The summed E-state index contributed by atoms with van der Waals surface area (Å²) >= 11 is 0. The van der Waals surface area contributed by atoms with Crippen LogP contribution in [0.2, 0.25) is 0 Å². The van der Waals surface area contributed by atoms with Gasteiger partial charge in [-0.05, 0) is 29.2 Å². The van der Waals surface area contributed by atoms with Crippen LogP contribution in [0.25, 0.3) is 10.8 Å².